The summed E-state index contributed by atoms with van der Waals surface area (Å²) in [4.78, 5) is 0. The van der Waals surface area contributed by atoms with Crippen LogP contribution in [-0.2, 0) is 0 Å². The van der Waals surface area contributed by atoms with Gasteiger partial charge in [0.15, 0.2) is 10.2 Å². The first-order valence-corrected chi connectivity index (χ1v) is 7.73. The van der Waals surface area contributed by atoms with Gasteiger partial charge >= 0.3 is 0 Å². The van der Waals surface area contributed by atoms with E-state index < -0.39 is 0 Å². The molecule has 23 heavy (non-hydrogen) atoms. The number of nitrogens with one attached hydrogen (secondary N) is 4. The van der Waals surface area contributed by atoms with Gasteiger partial charge in [0, 0.05) is 11.4 Å². The summed E-state index contributed by atoms with van der Waals surface area (Å²) in [5.74, 6) is -0.300. The molecule has 0 aliphatic rings. The van der Waals surface area contributed by atoms with Crippen molar-refractivity contribution >= 4 is 46.0 Å². The lowest BCUT2D eigenvalue weighted by molar-refractivity contribution is 0.628. The molecule has 4 N–H and O–H groups in total. The standard InChI is InChI=1S/C16H17FN4S2/c1-10-4-3-5-14(11(10)2)19-16(23)21-20-15(22)18-13-8-6-12(17)7-9-13/h3-9H,1-2H3,(H2,18,20,22)(H2,19,21,23). The maximum absolute atomic E-state index is 12.8. The van der Waals surface area contributed by atoms with Crippen molar-refractivity contribution < 1.29 is 4.39 Å². The number of halogens is 1. The third-order valence-corrected chi connectivity index (χ3v) is 3.65. The van der Waals surface area contributed by atoms with Crippen LogP contribution >= 0.6 is 24.4 Å². The molecule has 0 saturated carbocycles. The van der Waals surface area contributed by atoms with Crippen molar-refractivity contribution in [2.24, 2.45) is 0 Å². The van der Waals surface area contributed by atoms with Crippen molar-refractivity contribution in [1.82, 2.24) is 10.9 Å². The number of hydrogen-bond donors (Lipinski definition) is 4. The van der Waals surface area contributed by atoms with Gasteiger partial charge in [0.2, 0.25) is 0 Å². The Hall–Kier alpha value is -2.25. The Bertz CT molecular complexity index is 717. The van der Waals surface area contributed by atoms with Crippen LogP contribution in [0.3, 0.4) is 0 Å². The molecule has 2 rings (SSSR count). The molecule has 0 fully saturated rings. The second-order valence-corrected chi connectivity index (χ2v) is 5.73. The molecule has 2 aromatic rings. The van der Waals surface area contributed by atoms with Crippen LogP contribution in [-0.4, -0.2) is 10.2 Å². The van der Waals surface area contributed by atoms with E-state index in [1.165, 1.54) is 17.7 Å². The highest BCUT2D eigenvalue weighted by atomic mass is 32.1. The van der Waals surface area contributed by atoms with E-state index in [-0.39, 0.29) is 5.82 Å². The first kappa shape index (κ1) is 17.1. The molecule has 0 amide bonds. The third-order valence-electron chi connectivity index (χ3n) is 3.24. The van der Waals surface area contributed by atoms with Crippen molar-refractivity contribution in [3.63, 3.8) is 0 Å². The minimum absolute atomic E-state index is 0.300. The van der Waals surface area contributed by atoms with Crippen LogP contribution in [0.2, 0.25) is 0 Å². The molecular formula is C16H17FN4S2. The second kappa shape index (κ2) is 7.85. The van der Waals surface area contributed by atoms with Gasteiger partial charge in [0.25, 0.3) is 0 Å². The van der Waals surface area contributed by atoms with Crippen LogP contribution in [0.15, 0.2) is 42.5 Å². The monoisotopic (exact) mass is 348 g/mol. The third kappa shape index (κ3) is 5.15. The van der Waals surface area contributed by atoms with E-state index in [0.29, 0.717) is 15.9 Å². The Morgan fingerprint density at radius 3 is 2.13 bits per heavy atom. The van der Waals surface area contributed by atoms with Crippen LogP contribution in [0.4, 0.5) is 15.8 Å². The molecule has 0 aliphatic heterocycles. The van der Waals surface area contributed by atoms with Gasteiger partial charge in [-0.15, -0.1) is 0 Å². The highest BCUT2D eigenvalue weighted by molar-refractivity contribution is 7.81. The van der Waals surface area contributed by atoms with Gasteiger partial charge in [-0.05, 0) is 79.7 Å². The molecule has 4 nitrogen and oxygen atoms in total. The first-order valence-electron chi connectivity index (χ1n) is 6.91. The fraction of sp³-hybridized carbons (Fsp3) is 0.125. The number of hydrazine groups is 1. The van der Waals surface area contributed by atoms with Crippen LogP contribution < -0.4 is 21.5 Å². The molecule has 0 saturated heterocycles. The second-order valence-electron chi connectivity index (χ2n) is 4.91. The molecule has 120 valence electrons. The van der Waals surface area contributed by atoms with Gasteiger partial charge in [-0.1, -0.05) is 12.1 Å². The highest BCUT2D eigenvalue weighted by Crippen LogP contribution is 2.17. The van der Waals surface area contributed by atoms with Crippen molar-refractivity contribution in [3.8, 4) is 0 Å². The zero-order valence-electron chi connectivity index (χ0n) is 12.7. The molecule has 0 aromatic heterocycles. The van der Waals surface area contributed by atoms with E-state index in [4.69, 9.17) is 24.4 Å². The smallest absolute Gasteiger partial charge is 0.189 e. The predicted octanol–water partition coefficient (Wildman–Crippen LogP) is 3.63. The number of hydrogen-bond acceptors (Lipinski definition) is 2. The highest BCUT2D eigenvalue weighted by Gasteiger charge is 2.03. The van der Waals surface area contributed by atoms with E-state index in [1.54, 1.807) is 12.1 Å². The van der Waals surface area contributed by atoms with Crippen LogP contribution in [0, 0.1) is 19.7 Å². The molecule has 0 bridgehead atoms. The zero-order chi connectivity index (χ0) is 16.8. The molecule has 0 radical (unpaired) electrons. The predicted molar refractivity (Wildman–Crippen MR) is 101 cm³/mol. The summed E-state index contributed by atoms with van der Waals surface area (Å²) in [5, 5.41) is 6.72. The Balaban J connectivity index is 1.83. The van der Waals surface area contributed by atoms with Crippen molar-refractivity contribution in [2.45, 2.75) is 13.8 Å². The summed E-state index contributed by atoms with van der Waals surface area (Å²) in [6, 6.07) is 11.8. The summed E-state index contributed by atoms with van der Waals surface area (Å²) >= 11 is 10.3. The minimum Gasteiger partial charge on any atom is -0.331 e. The van der Waals surface area contributed by atoms with E-state index in [0.717, 1.165) is 11.3 Å². The summed E-state index contributed by atoms with van der Waals surface area (Å²) in [5.41, 5.74) is 9.49. The normalized spacial score (nSPS) is 9.87. The Morgan fingerprint density at radius 1 is 0.870 bits per heavy atom. The molecule has 0 spiro atoms. The van der Waals surface area contributed by atoms with E-state index >= 15 is 0 Å². The molecule has 2 aromatic carbocycles. The van der Waals surface area contributed by atoms with Gasteiger partial charge in [0.05, 0.1) is 0 Å². The topological polar surface area (TPSA) is 48.1 Å². The fourth-order valence-electron chi connectivity index (χ4n) is 1.85. The van der Waals surface area contributed by atoms with Crippen LogP contribution in [0.5, 0.6) is 0 Å². The Kier molecular flexibility index (Phi) is 5.84. The van der Waals surface area contributed by atoms with E-state index in [1.807, 2.05) is 32.0 Å². The maximum Gasteiger partial charge on any atom is 0.189 e. The van der Waals surface area contributed by atoms with Gasteiger partial charge < -0.3 is 10.6 Å². The van der Waals surface area contributed by atoms with Crippen molar-refractivity contribution in [3.05, 3.63) is 59.4 Å². The van der Waals surface area contributed by atoms with E-state index in [9.17, 15) is 4.39 Å². The molecule has 7 heteroatoms. The SMILES string of the molecule is Cc1cccc(NC(=S)NNC(=S)Nc2ccc(F)cc2)c1C. The average Bonchev–Trinajstić information content (AvgIpc) is 2.52. The van der Waals surface area contributed by atoms with Crippen molar-refractivity contribution in [2.75, 3.05) is 10.6 Å². The molecular weight excluding hydrogens is 331 g/mol. The fourth-order valence-corrected chi connectivity index (χ4v) is 2.18. The van der Waals surface area contributed by atoms with E-state index in [2.05, 4.69) is 21.5 Å². The summed E-state index contributed by atoms with van der Waals surface area (Å²) in [7, 11) is 0. The number of thiocarbonyl (C=S) groups is 2. The summed E-state index contributed by atoms with van der Waals surface area (Å²) in [6.45, 7) is 4.06. The minimum atomic E-state index is -0.300. The lowest BCUT2D eigenvalue weighted by Gasteiger charge is -2.16. The number of anilines is 2. The quantitative estimate of drug-likeness (QED) is 0.491. The van der Waals surface area contributed by atoms with Crippen LogP contribution in [0.1, 0.15) is 11.1 Å². The number of benzene rings is 2. The molecule has 0 atom stereocenters. The van der Waals surface area contributed by atoms with Crippen LogP contribution in [0.25, 0.3) is 0 Å². The van der Waals surface area contributed by atoms with Gasteiger partial charge in [-0.2, -0.15) is 0 Å². The molecule has 0 unspecified atom stereocenters. The maximum atomic E-state index is 12.8. The van der Waals surface area contributed by atoms with Gasteiger partial charge in [-0.25, -0.2) is 4.39 Å². The zero-order valence-corrected chi connectivity index (χ0v) is 14.4. The van der Waals surface area contributed by atoms with Gasteiger partial charge in [-0.3, -0.25) is 10.9 Å². The summed E-state index contributed by atoms with van der Waals surface area (Å²) in [6.07, 6.45) is 0. The lowest BCUT2D eigenvalue weighted by Crippen LogP contribution is -2.45. The molecule has 0 heterocycles. The Labute approximate surface area is 145 Å². The lowest BCUT2D eigenvalue weighted by atomic mass is 10.1. The molecule has 0 aliphatic carbocycles. The summed E-state index contributed by atoms with van der Waals surface area (Å²) < 4.78 is 12.8. The number of rotatable bonds is 2. The number of aryl methyl sites for hydroxylation is 1. The largest absolute Gasteiger partial charge is 0.331 e. The van der Waals surface area contributed by atoms with Gasteiger partial charge in [0.1, 0.15) is 5.82 Å². The Morgan fingerprint density at radius 2 is 1.48 bits per heavy atom. The first-order chi connectivity index (χ1) is 11.0. The van der Waals surface area contributed by atoms with Crippen molar-refractivity contribution in [1.29, 1.82) is 0 Å². The average molecular weight is 348 g/mol.